The van der Waals surface area contributed by atoms with Gasteiger partial charge in [0.15, 0.2) is 0 Å². The number of rotatable bonds is 4. The van der Waals surface area contributed by atoms with Crippen LogP contribution in [-0.2, 0) is 10.0 Å². The van der Waals surface area contributed by atoms with Crippen LogP contribution in [-0.4, -0.2) is 8.42 Å². The summed E-state index contributed by atoms with van der Waals surface area (Å²) >= 11 is 0. The monoisotopic (exact) mass is 362 g/mol. The Balaban J connectivity index is 1.95. The molecule has 26 heavy (non-hydrogen) atoms. The summed E-state index contributed by atoms with van der Waals surface area (Å²) in [5, 5.41) is 8.91. The lowest BCUT2D eigenvalue weighted by Gasteiger charge is -2.13. The highest BCUT2D eigenvalue weighted by Gasteiger charge is 2.15. The molecular formula is C21H18N2O2S. The number of hydrogen-bond donors (Lipinski definition) is 1. The number of benzene rings is 3. The zero-order valence-corrected chi connectivity index (χ0v) is 15.3. The van der Waals surface area contributed by atoms with Crippen LogP contribution in [0.3, 0.4) is 0 Å². The van der Waals surface area contributed by atoms with E-state index in [4.69, 9.17) is 5.26 Å². The number of sulfonamides is 1. The summed E-state index contributed by atoms with van der Waals surface area (Å²) in [4.78, 5) is 0.228. The maximum absolute atomic E-state index is 12.6. The number of aryl methyl sites for hydroxylation is 2. The minimum atomic E-state index is -3.66. The van der Waals surface area contributed by atoms with E-state index in [1.54, 1.807) is 36.4 Å². The molecular weight excluding hydrogens is 344 g/mol. The van der Waals surface area contributed by atoms with Crippen LogP contribution in [0, 0.1) is 25.2 Å². The first-order chi connectivity index (χ1) is 12.4. The zero-order chi connectivity index (χ0) is 18.7. The van der Waals surface area contributed by atoms with E-state index in [1.807, 2.05) is 44.2 Å². The maximum Gasteiger partial charge on any atom is 0.261 e. The van der Waals surface area contributed by atoms with Crippen LogP contribution in [0.5, 0.6) is 0 Å². The topological polar surface area (TPSA) is 70.0 Å². The highest BCUT2D eigenvalue weighted by atomic mass is 32.2. The molecule has 0 aromatic heterocycles. The largest absolute Gasteiger partial charge is 0.279 e. The number of hydrogen-bond acceptors (Lipinski definition) is 3. The molecule has 130 valence electrons. The van der Waals surface area contributed by atoms with E-state index in [1.165, 1.54) is 0 Å². The average molecular weight is 362 g/mol. The molecule has 0 aliphatic heterocycles. The Bertz CT molecular complexity index is 1080. The summed E-state index contributed by atoms with van der Waals surface area (Å²) < 4.78 is 28.0. The predicted octanol–water partition coefficient (Wildman–Crippen LogP) is 4.64. The fourth-order valence-corrected chi connectivity index (χ4v) is 3.69. The molecule has 0 amide bonds. The first-order valence-corrected chi connectivity index (χ1v) is 9.58. The summed E-state index contributed by atoms with van der Waals surface area (Å²) in [6.07, 6.45) is 0. The predicted molar refractivity (Wildman–Crippen MR) is 103 cm³/mol. The Morgan fingerprint density at radius 1 is 0.846 bits per heavy atom. The Labute approximate surface area is 153 Å². The lowest BCUT2D eigenvalue weighted by molar-refractivity contribution is 0.601. The van der Waals surface area contributed by atoms with Gasteiger partial charge in [-0.25, -0.2) is 8.42 Å². The quantitative estimate of drug-likeness (QED) is 0.735. The second-order valence-electron chi connectivity index (χ2n) is 6.14. The molecule has 0 heterocycles. The third-order valence-electron chi connectivity index (χ3n) is 4.16. The van der Waals surface area contributed by atoms with Crippen LogP contribution in [0.25, 0.3) is 11.1 Å². The van der Waals surface area contributed by atoms with Gasteiger partial charge in [-0.3, -0.25) is 4.72 Å². The first kappa shape index (κ1) is 17.7. The molecule has 3 aromatic rings. The van der Waals surface area contributed by atoms with Crippen LogP contribution in [0.1, 0.15) is 16.7 Å². The highest BCUT2D eigenvalue weighted by molar-refractivity contribution is 7.92. The second-order valence-corrected chi connectivity index (χ2v) is 7.82. The van der Waals surface area contributed by atoms with Crippen LogP contribution in [0.15, 0.2) is 71.6 Å². The minimum Gasteiger partial charge on any atom is -0.279 e. The SMILES string of the molecule is Cc1ccc(S(=O)(=O)Nc2cc(-c3ccc(C#N)cc3)ccc2C)cc1. The summed E-state index contributed by atoms with van der Waals surface area (Å²) in [6, 6.07) is 21.6. The fourth-order valence-electron chi connectivity index (χ4n) is 2.57. The van der Waals surface area contributed by atoms with E-state index in [-0.39, 0.29) is 4.90 Å². The molecule has 4 nitrogen and oxygen atoms in total. The van der Waals surface area contributed by atoms with Crippen molar-refractivity contribution >= 4 is 15.7 Å². The van der Waals surface area contributed by atoms with Gasteiger partial charge in [0.2, 0.25) is 0 Å². The van der Waals surface area contributed by atoms with E-state index in [0.29, 0.717) is 11.3 Å². The van der Waals surface area contributed by atoms with Gasteiger partial charge in [-0.2, -0.15) is 5.26 Å². The maximum atomic E-state index is 12.6. The minimum absolute atomic E-state index is 0.228. The van der Waals surface area contributed by atoms with Crippen molar-refractivity contribution in [3.05, 3.63) is 83.4 Å². The highest BCUT2D eigenvalue weighted by Crippen LogP contribution is 2.27. The normalized spacial score (nSPS) is 11.0. The molecule has 0 fully saturated rings. The molecule has 0 atom stereocenters. The van der Waals surface area contributed by atoms with Crippen molar-refractivity contribution in [2.24, 2.45) is 0 Å². The van der Waals surface area contributed by atoms with E-state index < -0.39 is 10.0 Å². The van der Waals surface area contributed by atoms with Gasteiger partial charge in [-0.05, 0) is 60.9 Å². The van der Waals surface area contributed by atoms with Crippen molar-refractivity contribution < 1.29 is 8.42 Å². The van der Waals surface area contributed by atoms with Gasteiger partial charge >= 0.3 is 0 Å². The van der Waals surface area contributed by atoms with Crippen molar-refractivity contribution in [2.75, 3.05) is 4.72 Å². The molecule has 1 N–H and O–H groups in total. The number of nitrogens with one attached hydrogen (secondary N) is 1. The lowest BCUT2D eigenvalue weighted by Crippen LogP contribution is -2.13. The van der Waals surface area contributed by atoms with Crippen molar-refractivity contribution in [1.29, 1.82) is 5.26 Å². The molecule has 3 aromatic carbocycles. The van der Waals surface area contributed by atoms with Gasteiger partial charge < -0.3 is 0 Å². The van der Waals surface area contributed by atoms with E-state index in [9.17, 15) is 8.42 Å². The molecule has 5 heteroatoms. The number of nitrogens with zero attached hydrogens (tertiary/aromatic N) is 1. The number of nitriles is 1. The number of anilines is 1. The van der Waals surface area contributed by atoms with Crippen LogP contribution >= 0.6 is 0 Å². The van der Waals surface area contributed by atoms with Gasteiger partial charge in [0.1, 0.15) is 0 Å². The van der Waals surface area contributed by atoms with Gasteiger partial charge in [0.25, 0.3) is 10.0 Å². The molecule has 0 radical (unpaired) electrons. The molecule has 0 unspecified atom stereocenters. The first-order valence-electron chi connectivity index (χ1n) is 8.10. The van der Waals surface area contributed by atoms with Gasteiger partial charge in [0.05, 0.1) is 22.2 Å². The third-order valence-corrected chi connectivity index (χ3v) is 5.54. The fraction of sp³-hybridized carbons (Fsp3) is 0.0952. The van der Waals surface area contributed by atoms with Crippen molar-refractivity contribution in [3.63, 3.8) is 0 Å². The van der Waals surface area contributed by atoms with Crippen molar-refractivity contribution in [3.8, 4) is 17.2 Å². The van der Waals surface area contributed by atoms with E-state index in [2.05, 4.69) is 10.8 Å². The van der Waals surface area contributed by atoms with Crippen molar-refractivity contribution in [2.45, 2.75) is 18.7 Å². The Morgan fingerprint density at radius 2 is 1.46 bits per heavy atom. The molecule has 0 spiro atoms. The van der Waals surface area contributed by atoms with E-state index >= 15 is 0 Å². The van der Waals surface area contributed by atoms with Gasteiger partial charge in [0, 0.05) is 0 Å². The summed E-state index contributed by atoms with van der Waals surface area (Å²) in [6.45, 7) is 3.77. The van der Waals surface area contributed by atoms with Gasteiger partial charge in [-0.1, -0.05) is 42.0 Å². The van der Waals surface area contributed by atoms with Gasteiger partial charge in [-0.15, -0.1) is 0 Å². The smallest absolute Gasteiger partial charge is 0.261 e. The zero-order valence-electron chi connectivity index (χ0n) is 14.5. The Hall–Kier alpha value is -3.10. The van der Waals surface area contributed by atoms with Crippen molar-refractivity contribution in [1.82, 2.24) is 0 Å². The van der Waals surface area contributed by atoms with E-state index in [0.717, 1.165) is 22.3 Å². The third kappa shape index (κ3) is 3.76. The molecule has 0 saturated carbocycles. The van der Waals surface area contributed by atoms with Crippen LogP contribution in [0.2, 0.25) is 0 Å². The summed E-state index contributed by atoms with van der Waals surface area (Å²) in [5.41, 5.74) is 4.75. The van der Waals surface area contributed by atoms with Crippen LogP contribution in [0.4, 0.5) is 5.69 Å². The molecule has 0 bridgehead atoms. The lowest BCUT2D eigenvalue weighted by atomic mass is 10.0. The Morgan fingerprint density at radius 3 is 2.08 bits per heavy atom. The molecule has 0 aliphatic rings. The Kier molecular flexibility index (Phi) is 4.79. The molecule has 0 saturated heterocycles. The standard InChI is InChI=1S/C21H18N2O2S/c1-15-3-11-20(12-4-15)26(24,25)23-21-13-19(8-5-16(21)2)18-9-6-17(14-22)7-10-18/h3-13,23H,1-2H3. The molecule has 3 rings (SSSR count). The average Bonchev–Trinajstić information content (AvgIpc) is 2.64. The second kappa shape index (κ2) is 7.03. The summed E-state index contributed by atoms with van der Waals surface area (Å²) in [7, 11) is -3.66. The van der Waals surface area contributed by atoms with Crippen LogP contribution < -0.4 is 4.72 Å². The summed E-state index contributed by atoms with van der Waals surface area (Å²) in [5.74, 6) is 0. The molecule has 0 aliphatic carbocycles.